The van der Waals surface area contributed by atoms with Crippen molar-refractivity contribution in [3.05, 3.63) is 23.3 Å². The Labute approximate surface area is 101 Å². The molecule has 1 heterocycles. The van der Waals surface area contributed by atoms with E-state index in [4.69, 9.17) is 4.74 Å². The third-order valence-corrected chi connectivity index (χ3v) is 3.21. The van der Waals surface area contributed by atoms with E-state index in [2.05, 4.69) is 9.97 Å². The van der Waals surface area contributed by atoms with E-state index in [1.165, 1.54) is 12.8 Å². The molecule has 1 aliphatic rings. The van der Waals surface area contributed by atoms with Crippen molar-refractivity contribution in [1.29, 1.82) is 0 Å². The predicted octanol–water partition coefficient (Wildman–Crippen LogP) is 2.62. The highest BCUT2D eigenvalue weighted by molar-refractivity contribution is 5.90. The third-order valence-electron chi connectivity index (χ3n) is 3.21. The van der Waals surface area contributed by atoms with Gasteiger partial charge in [0.2, 0.25) is 0 Å². The fraction of sp³-hybridized carbons (Fsp3) is 0.615. The molecule has 0 bridgehead atoms. The lowest BCUT2D eigenvalue weighted by molar-refractivity contribution is 0.0524. The van der Waals surface area contributed by atoms with Crippen LogP contribution in [0.25, 0.3) is 0 Å². The Morgan fingerprint density at radius 2 is 2.18 bits per heavy atom. The van der Waals surface area contributed by atoms with E-state index in [0.717, 1.165) is 24.4 Å². The summed E-state index contributed by atoms with van der Waals surface area (Å²) in [5.41, 5.74) is 1.20. The van der Waals surface area contributed by atoms with Gasteiger partial charge in [0.1, 0.15) is 5.82 Å². The summed E-state index contributed by atoms with van der Waals surface area (Å²) in [6, 6.07) is 0. The van der Waals surface area contributed by atoms with E-state index in [1.54, 1.807) is 13.1 Å². The minimum Gasteiger partial charge on any atom is -0.462 e. The summed E-state index contributed by atoms with van der Waals surface area (Å²) >= 11 is 0. The van der Waals surface area contributed by atoms with E-state index in [0.29, 0.717) is 18.1 Å². The van der Waals surface area contributed by atoms with Crippen molar-refractivity contribution in [2.75, 3.05) is 6.61 Å². The standard InChI is InChI=1S/C13H18N2O2/c1-3-17-13(16)11-8-14-12(15-9(11)2)10-6-4-5-7-10/h8,10H,3-7H2,1-2H3. The highest BCUT2D eigenvalue weighted by Crippen LogP contribution is 2.32. The van der Waals surface area contributed by atoms with Crippen molar-refractivity contribution in [1.82, 2.24) is 9.97 Å². The molecule has 1 aliphatic carbocycles. The average molecular weight is 234 g/mol. The molecule has 1 saturated carbocycles. The predicted molar refractivity (Wildman–Crippen MR) is 63.9 cm³/mol. The van der Waals surface area contributed by atoms with Gasteiger partial charge in [-0.25, -0.2) is 14.8 Å². The lowest BCUT2D eigenvalue weighted by Gasteiger charge is -2.10. The minimum absolute atomic E-state index is 0.331. The summed E-state index contributed by atoms with van der Waals surface area (Å²) < 4.78 is 4.96. The minimum atomic E-state index is -0.331. The molecule has 0 amide bonds. The van der Waals surface area contributed by atoms with Gasteiger partial charge in [0, 0.05) is 12.1 Å². The van der Waals surface area contributed by atoms with Crippen molar-refractivity contribution >= 4 is 5.97 Å². The molecule has 4 heteroatoms. The monoisotopic (exact) mass is 234 g/mol. The first-order chi connectivity index (χ1) is 8.22. The molecule has 0 N–H and O–H groups in total. The van der Waals surface area contributed by atoms with Crippen LogP contribution in [0.2, 0.25) is 0 Å². The number of hydrogen-bond donors (Lipinski definition) is 0. The topological polar surface area (TPSA) is 52.1 Å². The number of aromatic nitrogens is 2. The fourth-order valence-electron chi connectivity index (χ4n) is 2.27. The second-order valence-electron chi connectivity index (χ2n) is 4.43. The van der Waals surface area contributed by atoms with Crippen LogP contribution in [0.15, 0.2) is 6.20 Å². The van der Waals surface area contributed by atoms with Gasteiger partial charge in [-0.3, -0.25) is 0 Å². The molecule has 0 spiro atoms. The van der Waals surface area contributed by atoms with E-state index < -0.39 is 0 Å². The van der Waals surface area contributed by atoms with Crippen LogP contribution in [-0.4, -0.2) is 22.5 Å². The Morgan fingerprint density at radius 3 is 2.76 bits per heavy atom. The van der Waals surface area contributed by atoms with Crippen LogP contribution in [0, 0.1) is 6.92 Å². The second kappa shape index (κ2) is 5.25. The molecule has 1 aromatic rings. The van der Waals surface area contributed by atoms with Crippen molar-refractivity contribution in [3.63, 3.8) is 0 Å². The Hall–Kier alpha value is -1.45. The summed E-state index contributed by atoms with van der Waals surface area (Å²) in [5, 5.41) is 0. The van der Waals surface area contributed by atoms with Crippen molar-refractivity contribution in [2.45, 2.75) is 45.4 Å². The molecule has 2 rings (SSSR count). The van der Waals surface area contributed by atoms with Gasteiger partial charge in [-0.2, -0.15) is 0 Å². The van der Waals surface area contributed by atoms with E-state index in [1.807, 2.05) is 6.92 Å². The van der Waals surface area contributed by atoms with Gasteiger partial charge in [-0.15, -0.1) is 0 Å². The SMILES string of the molecule is CCOC(=O)c1cnc(C2CCCC2)nc1C. The Morgan fingerprint density at radius 1 is 1.47 bits per heavy atom. The molecule has 0 atom stereocenters. The lowest BCUT2D eigenvalue weighted by atomic mass is 10.1. The molecular formula is C13H18N2O2. The molecule has 92 valence electrons. The highest BCUT2D eigenvalue weighted by Gasteiger charge is 2.21. The quantitative estimate of drug-likeness (QED) is 0.754. The van der Waals surface area contributed by atoms with Crippen LogP contribution in [0.5, 0.6) is 0 Å². The Balaban J connectivity index is 2.19. The van der Waals surface area contributed by atoms with Gasteiger partial charge in [-0.1, -0.05) is 12.8 Å². The molecule has 1 fully saturated rings. The number of rotatable bonds is 3. The normalized spacial score (nSPS) is 16.1. The molecule has 0 saturated heterocycles. The largest absolute Gasteiger partial charge is 0.462 e. The van der Waals surface area contributed by atoms with Crippen molar-refractivity contribution in [2.24, 2.45) is 0 Å². The highest BCUT2D eigenvalue weighted by atomic mass is 16.5. The first-order valence-electron chi connectivity index (χ1n) is 6.23. The van der Waals surface area contributed by atoms with Crippen molar-refractivity contribution < 1.29 is 9.53 Å². The summed E-state index contributed by atoms with van der Waals surface area (Å²) in [4.78, 5) is 20.4. The number of aryl methyl sites for hydroxylation is 1. The maximum absolute atomic E-state index is 11.6. The fourth-order valence-corrected chi connectivity index (χ4v) is 2.27. The molecule has 1 aromatic heterocycles. The number of esters is 1. The maximum atomic E-state index is 11.6. The van der Waals surface area contributed by atoms with Gasteiger partial charge >= 0.3 is 5.97 Å². The van der Waals surface area contributed by atoms with Crippen LogP contribution >= 0.6 is 0 Å². The van der Waals surface area contributed by atoms with Crippen LogP contribution in [0.1, 0.15) is 60.4 Å². The summed E-state index contributed by atoms with van der Waals surface area (Å²) in [7, 11) is 0. The number of carbonyl (C=O) groups is 1. The zero-order valence-electron chi connectivity index (χ0n) is 10.4. The van der Waals surface area contributed by atoms with Gasteiger partial charge in [0.15, 0.2) is 0 Å². The van der Waals surface area contributed by atoms with Crippen molar-refractivity contribution in [3.8, 4) is 0 Å². The van der Waals surface area contributed by atoms with Crippen LogP contribution in [0.3, 0.4) is 0 Å². The number of nitrogens with zero attached hydrogens (tertiary/aromatic N) is 2. The van der Waals surface area contributed by atoms with Crippen LogP contribution in [-0.2, 0) is 4.74 Å². The van der Waals surface area contributed by atoms with Gasteiger partial charge in [0.05, 0.1) is 17.9 Å². The van der Waals surface area contributed by atoms with E-state index >= 15 is 0 Å². The first kappa shape index (κ1) is 12.0. The van der Waals surface area contributed by atoms with Crippen LogP contribution < -0.4 is 0 Å². The summed E-state index contributed by atoms with van der Waals surface area (Å²) in [6.45, 7) is 4.01. The molecule has 0 aliphatic heterocycles. The Bertz CT molecular complexity index is 412. The number of hydrogen-bond acceptors (Lipinski definition) is 4. The van der Waals surface area contributed by atoms with Gasteiger partial charge in [-0.05, 0) is 26.7 Å². The zero-order valence-corrected chi connectivity index (χ0v) is 10.4. The molecular weight excluding hydrogens is 216 g/mol. The second-order valence-corrected chi connectivity index (χ2v) is 4.43. The molecule has 17 heavy (non-hydrogen) atoms. The smallest absolute Gasteiger partial charge is 0.341 e. The summed E-state index contributed by atoms with van der Waals surface area (Å²) in [6.07, 6.45) is 6.45. The molecule has 4 nitrogen and oxygen atoms in total. The first-order valence-corrected chi connectivity index (χ1v) is 6.23. The summed E-state index contributed by atoms with van der Waals surface area (Å²) in [5.74, 6) is 1.03. The Kier molecular flexibility index (Phi) is 3.71. The van der Waals surface area contributed by atoms with Gasteiger partial charge in [0.25, 0.3) is 0 Å². The van der Waals surface area contributed by atoms with Crippen LogP contribution in [0.4, 0.5) is 0 Å². The van der Waals surface area contributed by atoms with E-state index in [-0.39, 0.29) is 5.97 Å². The maximum Gasteiger partial charge on any atom is 0.341 e. The number of carbonyl (C=O) groups excluding carboxylic acids is 1. The number of ether oxygens (including phenoxy) is 1. The van der Waals surface area contributed by atoms with Gasteiger partial charge < -0.3 is 4.74 Å². The molecule has 0 unspecified atom stereocenters. The van der Waals surface area contributed by atoms with E-state index in [9.17, 15) is 4.79 Å². The lowest BCUT2D eigenvalue weighted by Crippen LogP contribution is -2.11. The molecule has 0 radical (unpaired) electrons. The average Bonchev–Trinajstić information content (AvgIpc) is 2.82. The third kappa shape index (κ3) is 2.62. The zero-order chi connectivity index (χ0) is 12.3. The molecule has 0 aromatic carbocycles.